The van der Waals surface area contributed by atoms with Crippen molar-refractivity contribution < 1.29 is 4.74 Å². The van der Waals surface area contributed by atoms with Crippen molar-refractivity contribution in [2.75, 3.05) is 0 Å². The Hall–Kier alpha value is -3.62. The zero-order valence-electron chi connectivity index (χ0n) is 31.1. The lowest BCUT2D eigenvalue weighted by Gasteiger charge is -2.51. The monoisotopic (exact) mass is 687 g/mol. The van der Waals surface area contributed by atoms with E-state index in [9.17, 15) is 0 Å². The van der Waals surface area contributed by atoms with E-state index in [-0.39, 0.29) is 23.0 Å². The summed E-state index contributed by atoms with van der Waals surface area (Å²) in [6.45, 7) is 2.57. The number of fused-ring (bicyclic) bond motifs is 6. The molecule has 12 atom stereocenters. The maximum absolute atomic E-state index is 6.81. The molecular formula is C50H57NO. The number of allylic oxidation sites excluding steroid dienone is 20. The van der Waals surface area contributed by atoms with Crippen molar-refractivity contribution in [1.82, 2.24) is 4.90 Å². The fourth-order valence-electron chi connectivity index (χ4n) is 13.0. The summed E-state index contributed by atoms with van der Waals surface area (Å²) in [7, 11) is 0. The number of hydrogen-bond donors (Lipinski definition) is 0. The quantitative estimate of drug-likeness (QED) is 0.258. The summed E-state index contributed by atoms with van der Waals surface area (Å²) in [5, 5.41) is 0. The van der Waals surface area contributed by atoms with E-state index in [1.54, 1.807) is 22.4 Å². The summed E-state index contributed by atoms with van der Waals surface area (Å²) >= 11 is 0. The van der Waals surface area contributed by atoms with Gasteiger partial charge in [-0.25, -0.2) is 0 Å². The molecule has 0 bridgehead atoms. The second kappa shape index (κ2) is 13.3. The van der Waals surface area contributed by atoms with Crippen molar-refractivity contribution in [3.63, 3.8) is 0 Å². The molecule has 9 aliphatic carbocycles. The molecule has 1 saturated carbocycles. The van der Waals surface area contributed by atoms with E-state index in [1.807, 2.05) is 0 Å². The fraction of sp³-hybridized carbons (Fsp3) is 0.480. The lowest BCUT2D eigenvalue weighted by Crippen LogP contribution is -2.51. The van der Waals surface area contributed by atoms with Gasteiger partial charge in [0.15, 0.2) is 0 Å². The lowest BCUT2D eigenvalue weighted by molar-refractivity contribution is 0.0562. The number of nitrogens with zero attached hydrogens (tertiary/aromatic N) is 1. The normalized spacial score (nSPS) is 43.6. The van der Waals surface area contributed by atoms with Crippen LogP contribution in [0.3, 0.4) is 0 Å². The molecule has 0 aromatic heterocycles. The zero-order valence-corrected chi connectivity index (χ0v) is 31.1. The third-order valence-electron chi connectivity index (χ3n) is 15.2. The van der Waals surface area contributed by atoms with Crippen molar-refractivity contribution in [2.24, 2.45) is 46.3 Å². The first-order valence-corrected chi connectivity index (χ1v) is 20.9. The van der Waals surface area contributed by atoms with Crippen molar-refractivity contribution >= 4 is 0 Å². The van der Waals surface area contributed by atoms with Gasteiger partial charge in [-0.1, -0.05) is 140 Å². The lowest BCUT2D eigenvalue weighted by atomic mass is 9.52. The second-order valence-electron chi connectivity index (χ2n) is 17.6. The van der Waals surface area contributed by atoms with Gasteiger partial charge in [0, 0.05) is 40.3 Å². The standard InChI is InChI=1S/C50H57NO/c1-49-33-14-13-26-47(49)50(37-18-7-3-8-19-37,38-20-9-4-10-21-38)43-34-40(31-32-42(43)49)51(39-29-27-36(28-30-39)35-16-5-2-6-17-35)44-23-15-25-46-48(44)41-22-11-12-24-45(41)52-46/h2-5,7-9,11-15,18,22,24-27,29,32-35,37-38,40-41,44-48H,6,10,16-17,19-21,23,28,30-31H2,1H3. The van der Waals surface area contributed by atoms with Crippen LogP contribution in [-0.4, -0.2) is 29.2 Å². The molecule has 0 radical (unpaired) electrons. The van der Waals surface area contributed by atoms with E-state index in [1.165, 1.54) is 44.9 Å². The van der Waals surface area contributed by atoms with Gasteiger partial charge in [0.05, 0.1) is 18.2 Å². The van der Waals surface area contributed by atoms with E-state index in [0.717, 1.165) is 31.6 Å². The molecule has 0 aromatic carbocycles. The Bertz CT molecular complexity index is 1850. The molecule has 2 nitrogen and oxygen atoms in total. The van der Waals surface area contributed by atoms with Crippen LogP contribution >= 0.6 is 0 Å². The Morgan fingerprint density at radius 1 is 0.692 bits per heavy atom. The molecule has 2 heteroatoms. The van der Waals surface area contributed by atoms with E-state index < -0.39 is 0 Å². The van der Waals surface area contributed by atoms with Crippen molar-refractivity contribution in [2.45, 2.75) is 102 Å². The van der Waals surface area contributed by atoms with Crippen LogP contribution in [0.15, 0.2) is 156 Å². The average molecular weight is 688 g/mol. The maximum atomic E-state index is 6.81. The highest BCUT2D eigenvalue weighted by molar-refractivity contribution is 5.58. The zero-order chi connectivity index (χ0) is 34.7. The first kappa shape index (κ1) is 33.0. The molecular weight excluding hydrogens is 631 g/mol. The fourth-order valence-corrected chi connectivity index (χ4v) is 13.0. The molecule has 1 heterocycles. The molecule has 10 rings (SSSR count). The minimum absolute atomic E-state index is 0.0210. The molecule has 268 valence electrons. The minimum Gasteiger partial charge on any atom is -0.366 e. The van der Waals surface area contributed by atoms with E-state index in [2.05, 4.69) is 145 Å². The molecule has 0 spiro atoms. The van der Waals surface area contributed by atoms with Gasteiger partial charge in [-0.15, -0.1) is 0 Å². The Morgan fingerprint density at radius 2 is 1.56 bits per heavy atom. The molecule has 2 fully saturated rings. The predicted molar refractivity (Wildman–Crippen MR) is 215 cm³/mol. The molecule has 0 aromatic rings. The van der Waals surface area contributed by atoms with Crippen molar-refractivity contribution in [3.8, 4) is 0 Å². The summed E-state index contributed by atoms with van der Waals surface area (Å²) in [5.41, 5.74) is 6.63. The van der Waals surface area contributed by atoms with E-state index in [4.69, 9.17) is 4.74 Å². The van der Waals surface area contributed by atoms with Crippen molar-refractivity contribution in [1.29, 1.82) is 0 Å². The third kappa shape index (κ3) is 5.14. The minimum atomic E-state index is 0.0210. The Morgan fingerprint density at radius 3 is 2.37 bits per heavy atom. The van der Waals surface area contributed by atoms with Crippen LogP contribution in [-0.2, 0) is 4.74 Å². The van der Waals surface area contributed by atoms with Crippen LogP contribution in [0.4, 0.5) is 0 Å². The molecule has 52 heavy (non-hydrogen) atoms. The highest BCUT2D eigenvalue weighted by Crippen LogP contribution is 2.71. The van der Waals surface area contributed by atoms with Gasteiger partial charge in [-0.05, 0) is 106 Å². The van der Waals surface area contributed by atoms with Gasteiger partial charge >= 0.3 is 0 Å². The average Bonchev–Trinajstić information content (AvgIpc) is 3.71. The maximum Gasteiger partial charge on any atom is 0.0834 e. The van der Waals surface area contributed by atoms with Crippen LogP contribution in [0.5, 0.6) is 0 Å². The predicted octanol–water partition coefficient (Wildman–Crippen LogP) is 11.6. The van der Waals surface area contributed by atoms with Gasteiger partial charge in [0.2, 0.25) is 0 Å². The van der Waals surface area contributed by atoms with Gasteiger partial charge < -0.3 is 9.64 Å². The SMILES string of the molecule is CC12C=CC=CC1C(C1C=CC=CC1)(C1CC=CCC1)C1=CC(N(C3=CC=C(C4CC=CCC4)CC3)C3CC=CC4OC5C=CC=CC5C43)CC=C12. The molecule has 12 unspecified atom stereocenters. The molecule has 0 amide bonds. The molecule has 0 N–H and O–H groups in total. The summed E-state index contributed by atoms with van der Waals surface area (Å²) in [6.07, 6.45) is 67.6. The van der Waals surface area contributed by atoms with Gasteiger partial charge in [0.1, 0.15) is 0 Å². The Balaban J connectivity index is 1.11. The summed E-state index contributed by atoms with van der Waals surface area (Å²) < 4.78 is 6.81. The van der Waals surface area contributed by atoms with Crippen molar-refractivity contribution in [3.05, 3.63) is 156 Å². The van der Waals surface area contributed by atoms with E-state index >= 15 is 0 Å². The molecule has 1 saturated heterocycles. The van der Waals surface area contributed by atoms with Crippen LogP contribution in [0, 0.1) is 46.3 Å². The third-order valence-corrected chi connectivity index (χ3v) is 15.2. The summed E-state index contributed by atoms with van der Waals surface area (Å²) in [4.78, 5) is 2.98. The number of rotatable bonds is 6. The smallest absolute Gasteiger partial charge is 0.0834 e. The molecule has 10 aliphatic rings. The van der Waals surface area contributed by atoms with Gasteiger partial charge in [-0.2, -0.15) is 0 Å². The Labute approximate surface area is 312 Å². The highest BCUT2D eigenvalue weighted by atomic mass is 16.5. The Kier molecular flexibility index (Phi) is 8.47. The van der Waals surface area contributed by atoms with Gasteiger partial charge in [0.25, 0.3) is 0 Å². The molecule has 1 aliphatic heterocycles. The summed E-state index contributed by atoms with van der Waals surface area (Å²) in [5.74, 6) is 3.17. The van der Waals surface area contributed by atoms with Crippen LogP contribution in [0.1, 0.15) is 77.6 Å². The first-order valence-electron chi connectivity index (χ1n) is 20.9. The summed E-state index contributed by atoms with van der Waals surface area (Å²) in [6, 6.07) is 0.732. The van der Waals surface area contributed by atoms with Crippen LogP contribution in [0.25, 0.3) is 0 Å². The topological polar surface area (TPSA) is 12.5 Å². The highest BCUT2D eigenvalue weighted by Gasteiger charge is 2.64. The number of ether oxygens (including phenoxy) is 1. The van der Waals surface area contributed by atoms with Crippen LogP contribution in [0.2, 0.25) is 0 Å². The number of hydrogen-bond acceptors (Lipinski definition) is 2. The largest absolute Gasteiger partial charge is 0.366 e. The van der Waals surface area contributed by atoms with Crippen LogP contribution < -0.4 is 0 Å². The first-order chi connectivity index (χ1) is 25.7. The second-order valence-corrected chi connectivity index (χ2v) is 17.6. The van der Waals surface area contributed by atoms with Gasteiger partial charge in [-0.3, -0.25) is 0 Å². The van der Waals surface area contributed by atoms with E-state index in [0.29, 0.717) is 41.7 Å².